The lowest BCUT2D eigenvalue weighted by Crippen LogP contribution is -2.20. The average Bonchev–Trinajstić information content (AvgIpc) is 2.83. The maximum Gasteiger partial charge on any atom is 0.337 e. The first-order valence-electron chi connectivity index (χ1n) is 8.85. The van der Waals surface area contributed by atoms with Crippen molar-refractivity contribution in [3.8, 4) is 11.5 Å². The van der Waals surface area contributed by atoms with Crippen LogP contribution in [0.3, 0.4) is 0 Å². The molecule has 0 radical (unpaired) electrons. The van der Waals surface area contributed by atoms with Crippen LogP contribution in [0.15, 0.2) is 35.2 Å². The van der Waals surface area contributed by atoms with Crippen molar-refractivity contribution in [2.75, 3.05) is 29.9 Å². The van der Waals surface area contributed by atoms with Crippen LogP contribution in [0.25, 0.3) is 0 Å². The topological polar surface area (TPSA) is 122 Å². The van der Waals surface area contributed by atoms with Gasteiger partial charge in [-0.05, 0) is 23.8 Å². The predicted octanol–water partition coefficient (Wildman–Crippen LogP) is 1.87. The number of ether oxygens (including phenoxy) is 2. The summed E-state index contributed by atoms with van der Waals surface area (Å²) in [6.45, 7) is 0.747. The number of likely N-dealkylation sites (N-methyl/N-ethyl adjacent to an activating group) is 1. The summed E-state index contributed by atoms with van der Waals surface area (Å²) in [7, 11) is -2.48. The Labute approximate surface area is 166 Å². The maximum absolute atomic E-state index is 12.9. The number of rotatable bonds is 4. The van der Waals surface area contributed by atoms with Crippen LogP contribution in [0.1, 0.15) is 22.3 Å². The molecule has 2 N–H and O–H groups in total. The van der Waals surface area contributed by atoms with Crippen molar-refractivity contribution < 1.29 is 32.6 Å². The number of nitrogens with zero attached hydrogens (tertiary/aromatic N) is 1. The van der Waals surface area contributed by atoms with Crippen molar-refractivity contribution in [1.29, 1.82) is 0 Å². The number of amides is 1. The zero-order valence-corrected chi connectivity index (χ0v) is 16.3. The van der Waals surface area contributed by atoms with Gasteiger partial charge >= 0.3 is 5.97 Å². The minimum atomic E-state index is -4.10. The van der Waals surface area contributed by atoms with Gasteiger partial charge in [0.05, 0.1) is 35.8 Å². The molecule has 2 aromatic carbocycles. The Bertz CT molecular complexity index is 1130. The van der Waals surface area contributed by atoms with Gasteiger partial charge in [0.2, 0.25) is 5.91 Å². The number of fused-ring (bicyclic) bond motifs is 2. The van der Waals surface area contributed by atoms with E-state index in [9.17, 15) is 23.1 Å². The van der Waals surface area contributed by atoms with Gasteiger partial charge in [0.1, 0.15) is 0 Å². The first-order chi connectivity index (χ1) is 13.8. The molecule has 2 aliphatic rings. The molecule has 10 heteroatoms. The van der Waals surface area contributed by atoms with Gasteiger partial charge in [-0.3, -0.25) is 9.52 Å². The second-order valence-corrected chi connectivity index (χ2v) is 8.41. The fourth-order valence-electron chi connectivity index (χ4n) is 3.29. The highest BCUT2D eigenvalue weighted by atomic mass is 32.2. The van der Waals surface area contributed by atoms with Gasteiger partial charge in [-0.15, -0.1) is 0 Å². The van der Waals surface area contributed by atoms with Gasteiger partial charge in [-0.2, -0.15) is 0 Å². The smallest absolute Gasteiger partial charge is 0.337 e. The van der Waals surface area contributed by atoms with Gasteiger partial charge < -0.3 is 19.5 Å². The Balaban J connectivity index is 1.72. The molecule has 152 valence electrons. The zero-order valence-electron chi connectivity index (χ0n) is 15.5. The van der Waals surface area contributed by atoms with Gasteiger partial charge in [0, 0.05) is 31.3 Å². The molecule has 0 saturated heterocycles. The van der Waals surface area contributed by atoms with E-state index in [1.165, 1.54) is 29.2 Å². The lowest BCUT2D eigenvalue weighted by Gasteiger charge is -2.15. The predicted molar refractivity (Wildman–Crippen MR) is 103 cm³/mol. The summed E-state index contributed by atoms with van der Waals surface area (Å²) in [4.78, 5) is 24.9. The molecule has 9 nitrogen and oxygen atoms in total. The highest BCUT2D eigenvalue weighted by Crippen LogP contribution is 2.37. The van der Waals surface area contributed by atoms with Crippen molar-refractivity contribution >= 4 is 33.3 Å². The third kappa shape index (κ3) is 3.46. The number of anilines is 2. The van der Waals surface area contributed by atoms with Crippen LogP contribution in [0, 0.1) is 0 Å². The van der Waals surface area contributed by atoms with Gasteiger partial charge in [0.15, 0.2) is 11.5 Å². The number of carbonyl (C=O) groups excluding carboxylic acids is 1. The van der Waals surface area contributed by atoms with E-state index in [0.717, 1.165) is 0 Å². The van der Waals surface area contributed by atoms with Crippen LogP contribution in [0.2, 0.25) is 0 Å². The maximum atomic E-state index is 12.9. The van der Waals surface area contributed by atoms with Gasteiger partial charge in [-0.25, -0.2) is 13.2 Å². The molecule has 2 aromatic rings. The largest absolute Gasteiger partial charge is 0.490 e. The van der Waals surface area contributed by atoms with Crippen LogP contribution in [-0.4, -0.2) is 45.7 Å². The second kappa shape index (κ2) is 6.96. The molecule has 2 aliphatic heterocycles. The molecule has 0 fully saturated rings. The molecule has 0 atom stereocenters. The average molecular weight is 418 g/mol. The lowest BCUT2D eigenvalue weighted by molar-refractivity contribution is -0.117. The van der Waals surface area contributed by atoms with Crippen LogP contribution in [0.5, 0.6) is 11.5 Å². The van der Waals surface area contributed by atoms with E-state index in [1.54, 1.807) is 13.1 Å². The van der Waals surface area contributed by atoms with E-state index >= 15 is 0 Å². The SMILES string of the molecule is CN1C(=O)Cc2cc(S(=O)(=O)Nc3cc4c(cc3C(=O)O)OCCCO4)ccc21. The van der Waals surface area contributed by atoms with Crippen LogP contribution in [0.4, 0.5) is 11.4 Å². The number of carboxylic acids is 1. The third-order valence-electron chi connectivity index (χ3n) is 4.80. The molecule has 0 spiro atoms. The van der Waals surface area contributed by atoms with Crippen molar-refractivity contribution in [3.63, 3.8) is 0 Å². The number of carbonyl (C=O) groups is 2. The highest BCUT2D eigenvalue weighted by Gasteiger charge is 2.27. The molecule has 2 heterocycles. The monoisotopic (exact) mass is 418 g/mol. The summed E-state index contributed by atoms with van der Waals surface area (Å²) < 4.78 is 39.1. The molecular formula is C19H18N2O7S. The molecule has 0 aliphatic carbocycles. The van der Waals surface area contributed by atoms with Gasteiger partial charge in [-0.1, -0.05) is 0 Å². The highest BCUT2D eigenvalue weighted by molar-refractivity contribution is 7.92. The molecule has 0 unspecified atom stereocenters. The summed E-state index contributed by atoms with van der Waals surface area (Å²) in [6, 6.07) is 6.91. The Morgan fingerprint density at radius 2 is 1.83 bits per heavy atom. The number of hydrogen-bond acceptors (Lipinski definition) is 6. The summed E-state index contributed by atoms with van der Waals surface area (Å²) in [5.41, 5.74) is 0.859. The quantitative estimate of drug-likeness (QED) is 0.777. The number of hydrogen-bond donors (Lipinski definition) is 2. The molecule has 29 heavy (non-hydrogen) atoms. The van der Waals surface area contributed by atoms with E-state index in [2.05, 4.69) is 4.72 Å². The molecule has 0 bridgehead atoms. The zero-order chi connectivity index (χ0) is 20.8. The number of carboxylic acid groups (broad SMARTS) is 1. The molecule has 0 saturated carbocycles. The van der Waals surface area contributed by atoms with Gasteiger partial charge in [0.25, 0.3) is 10.0 Å². The van der Waals surface area contributed by atoms with Crippen molar-refractivity contribution in [3.05, 3.63) is 41.5 Å². The molecule has 4 rings (SSSR count). The number of aromatic carboxylic acids is 1. The fraction of sp³-hybridized carbons (Fsp3) is 0.263. The van der Waals surface area contributed by atoms with Crippen LogP contribution >= 0.6 is 0 Å². The Kier molecular flexibility index (Phi) is 4.58. The first-order valence-corrected chi connectivity index (χ1v) is 10.3. The number of nitrogens with one attached hydrogen (secondary N) is 1. The van der Waals surface area contributed by atoms with E-state index in [4.69, 9.17) is 9.47 Å². The van der Waals surface area contributed by atoms with Crippen molar-refractivity contribution in [2.24, 2.45) is 0 Å². The van der Waals surface area contributed by atoms with E-state index in [0.29, 0.717) is 30.9 Å². The summed E-state index contributed by atoms with van der Waals surface area (Å²) in [5, 5.41) is 9.52. The lowest BCUT2D eigenvalue weighted by atomic mass is 10.1. The second-order valence-electron chi connectivity index (χ2n) is 6.73. The molecular weight excluding hydrogens is 400 g/mol. The fourth-order valence-corrected chi connectivity index (χ4v) is 4.41. The minimum Gasteiger partial charge on any atom is -0.490 e. The Morgan fingerprint density at radius 1 is 1.14 bits per heavy atom. The van der Waals surface area contributed by atoms with Crippen molar-refractivity contribution in [2.45, 2.75) is 17.7 Å². The summed E-state index contributed by atoms with van der Waals surface area (Å²) >= 11 is 0. The minimum absolute atomic E-state index is 0.0669. The third-order valence-corrected chi connectivity index (χ3v) is 6.16. The molecule has 0 aromatic heterocycles. The Morgan fingerprint density at radius 3 is 2.52 bits per heavy atom. The van der Waals surface area contributed by atoms with Crippen LogP contribution in [-0.2, 0) is 21.2 Å². The first kappa shape index (κ1) is 19.1. The van der Waals surface area contributed by atoms with Crippen molar-refractivity contribution in [1.82, 2.24) is 0 Å². The van der Waals surface area contributed by atoms with E-state index in [1.807, 2.05) is 0 Å². The Hall–Kier alpha value is -3.27. The van der Waals surface area contributed by atoms with Crippen LogP contribution < -0.4 is 19.1 Å². The molecule has 1 amide bonds. The number of sulfonamides is 1. The summed E-state index contributed by atoms with van der Waals surface area (Å²) in [5.74, 6) is -0.911. The normalized spacial score (nSPS) is 15.6. The summed E-state index contributed by atoms with van der Waals surface area (Å²) in [6.07, 6.45) is 0.736. The number of benzene rings is 2. The van der Waals surface area contributed by atoms with E-state index < -0.39 is 16.0 Å². The van der Waals surface area contributed by atoms with E-state index in [-0.39, 0.29) is 40.0 Å². The standard InChI is InChI=1S/C19H18N2O7S/c1-21-15-4-3-12(7-11(15)8-18(21)22)29(25,26)20-14-10-17-16(9-13(14)19(23)24)27-5-2-6-28-17/h3-4,7,9-10,20H,2,5-6,8H2,1H3,(H,23,24).